The first-order valence-corrected chi connectivity index (χ1v) is 11.6. The van der Waals surface area contributed by atoms with E-state index in [4.69, 9.17) is 23.7 Å². The van der Waals surface area contributed by atoms with E-state index in [9.17, 15) is 14.4 Å². The van der Waals surface area contributed by atoms with Crippen LogP contribution in [0.4, 0.5) is 0 Å². The van der Waals surface area contributed by atoms with Crippen LogP contribution < -0.4 is 9.47 Å². The molecule has 1 aliphatic rings. The lowest BCUT2D eigenvalue weighted by molar-refractivity contribution is -0.186. The summed E-state index contributed by atoms with van der Waals surface area (Å²) < 4.78 is 27.6. The summed E-state index contributed by atoms with van der Waals surface area (Å²) in [6.45, 7) is 5.69. The van der Waals surface area contributed by atoms with E-state index in [0.717, 1.165) is 22.4 Å². The molecule has 1 fully saturated rings. The van der Waals surface area contributed by atoms with Gasteiger partial charge in [0.05, 0.1) is 13.3 Å². The maximum Gasteiger partial charge on any atom is 0.303 e. The van der Waals surface area contributed by atoms with Gasteiger partial charge >= 0.3 is 17.9 Å². The second-order valence-electron chi connectivity index (χ2n) is 7.71. The molecule has 0 bridgehead atoms. The molecule has 0 unspecified atom stereocenters. The summed E-state index contributed by atoms with van der Waals surface area (Å²) in [7, 11) is 1.62. The average molecular weight is 490 g/mol. The Labute approximate surface area is 202 Å². The van der Waals surface area contributed by atoms with Crippen LogP contribution in [0.25, 0.3) is 11.1 Å². The topological polar surface area (TPSA) is 110 Å². The Morgan fingerprint density at radius 1 is 0.912 bits per heavy atom. The van der Waals surface area contributed by atoms with Crippen molar-refractivity contribution in [1.82, 2.24) is 4.98 Å². The minimum absolute atomic E-state index is 0.282. The van der Waals surface area contributed by atoms with Gasteiger partial charge in [-0.2, -0.15) is 0 Å². The number of nitrogens with zero attached hydrogens (tertiary/aromatic N) is 1. The molecule has 2 aromatic rings. The normalized spacial score (nSPS) is 21.8. The van der Waals surface area contributed by atoms with Gasteiger partial charge in [-0.25, -0.2) is 0 Å². The summed E-state index contributed by atoms with van der Waals surface area (Å²) in [5.41, 5.74) is 2.00. The van der Waals surface area contributed by atoms with Crippen LogP contribution in [0.15, 0.2) is 36.7 Å². The number of carbonyl (C=O) groups excluding carboxylic acids is 3. The lowest BCUT2D eigenvalue weighted by Crippen LogP contribution is -2.55. The van der Waals surface area contributed by atoms with Crippen molar-refractivity contribution >= 4 is 29.7 Å². The number of ether oxygens (including phenoxy) is 5. The zero-order valence-corrected chi connectivity index (χ0v) is 20.4. The van der Waals surface area contributed by atoms with Gasteiger partial charge in [-0.15, -0.1) is 11.8 Å². The molecule has 0 amide bonds. The standard InChI is InChI=1S/C24H27NO8S/c1-13-8-17(6-7-20(13)29-5)18-9-19(11-25-10-18)33-24-23(32-16(4)28)22(31-15(3)27)21(12-34-24)30-14(2)26/h6-11,21-24H,12H2,1-5H3/t21-,22+,23-,24-/m1/s1. The predicted molar refractivity (Wildman–Crippen MR) is 124 cm³/mol. The average Bonchev–Trinajstić information content (AvgIpc) is 2.77. The van der Waals surface area contributed by atoms with Crippen LogP contribution in [-0.4, -0.2) is 59.5 Å². The highest BCUT2D eigenvalue weighted by Crippen LogP contribution is 2.35. The number of methoxy groups -OCH3 is 1. The van der Waals surface area contributed by atoms with Gasteiger partial charge in [0.15, 0.2) is 23.7 Å². The van der Waals surface area contributed by atoms with Crippen LogP contribution in [0, 0.1) is 6.92 Å². The van der Waals surface area contributed by atoms with Gasteiger partial charge < -0.3 is 23.7 Å². The van der Waals surface area contributed by atoms with Crippen molar-refractivity contribution < 1.29 is 38.1 Å². The Kier molecular flexibility index (Phi) is 8.38. The highest BCUT2D eigenvalue weighted by Gasteiger charge is 2.47. The summed E-state index contributed by atoms with van der Waals surface area (Å²) in [5, 5.41) is 0. The Morgan fingerprint density at radius 2 is 1.59 bits per heavy atom. The van der Waals surface area contributed by atoms with Crippen LogP contribution in [-0.2, 0) is 28.6 Å². The summed E-state index contributed by atoms with van der Waals surface area (Å²) >= 11 is 1.29. The SMILES string of the molecule is COc1ccc(-c2cncc(O[C@@H]3SC[C@@H](OC(C)=O)[C@H](OC(C)=O)[C@H]3OC(C)=O)c2)cc1C. The smallest absolute Gasteiger partial charge is 0.303 e. The fourth-order valence-corrected chi connectivity index (χ4v) is 4.86. The molecule has 3 rings (SSSR count). The highest BCUT2D eigenvalue weighted by molar-refractivity contribution is 7.99. The number of pyridine rings is 1. The van der Waals surface area contributed by atoms with Crippen LogP contribution >= 0.6 is 11.8 Å². The lowest BCUT2D eigenvalue weighted by Gasteiger charge is -2.39. The molecule has 0 spiro atoms. The van der Waals surface area contributed by atoms with E-state index in [1.165, 1.54) is 32.5 Å². The maximum atomic E-state index is 11.8. The van der Waals surface area contributed by atoms with E-state index >= 15 is 0 Å². The Bertz CT molecular complexity index is 1060. The molecule has 0 saturated carbocycles. The number of thioether (sulfide) groups is 1. The first kappa shape index (κ1) is 25.4. The zero-order chi connectivity index (χ0) is 24.8. The van der Waals surface area contributed by atoms with Crippen molar-refractivity contribution in [1.29, 1.82) is 0 Å². The van der Waals surface area contributed by atoms with E-state index in [2.05, 4.69) is 4.98 Å². The highest BCUT2D eigenvalue weighted by atomic mass is 32.2. The van der Waals surface area contributed by atoms with Crippen molar-refractivity contribution in [2.24, 2.45) is 0 Å². The van der Waals surface area contributed by atoms with Crippen molar-refractivity contribution in [3.8, 4) is 22.6 Å². The van der Waals surface area contributed by atoms with Crippen LogP contribution in [0.2, 0.25) is 0 Å². The number of benzene rings is 1. The minimum Gasteiger partial charge on any atom is -0.496 e. The van der Waals surface area contributed by atoms with E-state index in [1.807, 2.05) is 31.2 Å². The summed E-state index contributed by atoms with van der Waals surface area (Å²) in [6.07, 6.45) is 0.449. The van der Waals surface area contributed by atoms with E-state index in [1.54, 1.807) is 19.5 Å². The van der Waals surface area contributed by atoms with E-state index < -0.39 is 41.7 Å². The second kappa shape index (κ2) is 11.2. The first-order valence-electron chi connectivity index (χ1n) is 10.6. The lowest BCUT2D eigenvalue weighted by atomic mass is 10.0. The third kappa shape index (κ3) is 6.40. The van der Waals surface area contributed by atoms with Crippen LogP contribution in [0.5, 0.6) is 11.5 Å². The largest absolute Gasteiger partial charge is 0.496 e. The Morgan fingerprint density at radius 3 is 2.21 bits per heavy atom. The summed E-state index contributed by atoms with van der Waals surface area (Å²) in [4.78, 5) is 39.4. The Hall–Kier alpha value is -3.27. The molecule has 4 atom stereocenters. The summed E-state index contributed by atoms with van der Waals surface area (Å²) in [5.74, 6) is -0.205. The maximum absolute atomic E-state index is 11.8. The molecule has 10 heteroatoms. The molecule has 1 aromatic heterocycles. The molecule has 1 aliphatic heterocycles. The van der Waals surface area contributed by atoms with Gasteiger partial charge in [0.2, 0.25) is 0 Å². The second-order valence-corrected chi connectivity index (χ2v) is 8.84. The van der Waals surface area contributed by atoms with Gasteiger partial charge in [0.25, 0.3) is 0 Å². The number of hydrogen-bond donors (Lipinski definition) is 0. The molecule has 0 N–H and O–H groups in total. The molecule has 0 radical (unpaired) electrons. The predicted octanol–water partition coefficient (Wildman–Crippen LogP) is 3.31. The summed E-state index contributed by atoms with van der Waals surface area (Å²) in [6, 6.07) is 7.60. The number of esters is 3. The number of aromatic nitrogens is 1. The molecule has 9 nitrogen and oxygen atoms in total. The van der Waals surface area contributed by atoms with Crippen LogP contribution in [0.3, 0.4) is 0 Å². The zero-order valence-electron chi connectivity index (χ0n) is 19.6. The number of aryl methyl sites for hydroxylation is 1. The van der Waals surface area contributed by atoms with Gasteiger partial charge in [-0.1, -0.05) is 6.07 Å². The molecule has 34 heavy (non-hydrogen) atoms. The molecule has 1 aromatic carbocycles. The monoisotopic (exact) mass is 489 g/mol. The third-order valence-electron chi connectivity index (χ3n) is 5.00. The Balaban J connectivity index is 1.87. The van der Waals surface area contributed by atoms with Gasteiger partial charge in [0, 0.05) is 38.3 Å². The van der Waals surface area contributed by atoms with E-state index in [-0.39, 0.29) is 5.75 Å². The molecule has 1 saturated heterocycles. The molecule has 0 aliphatic carbocycles. The van der Waals surface area contributed by atoms with E-state index in [0.29, 0.717) is 5.75 Å². The van der Waals surface area contributed by atoms with Crippen molar-refractivity contribution in [3.05, 3.63) is 42.2 Å². The first-order chi connectivity index (χ1) is 16.2. The number of carbonyl (C=O) groups is 3. The van der Waals surface area contributed by atoms with Crippen molar-refractivity contribution in [2.45, 2.75) is 51.4 Å². The number of rotatable bonds is 7. The van der Waals surface area contributed by atoms with Gasteiger partial charge in [-0.3, -0.25) is 19.4 Å². The van der Waals surface area contributed by atoms with Crippen molar-refractivity contribution in [3.63, 3.8) is 0 Å². The third-order valence-corrected chi connectivity index (χ3v) is 6.21. The van der Waals surface area contributed by atoms with Crippen LogP contribution in [0.1, 0.15) is 26.3 Å². The fraction of sp³-hybridized carbons (Fsp3) is 0.417. The molecule has 2 heterocycles. The van der Waals surface area contributed by atoms with Crippen molar-refractivity contribution in [2.75, 3.05) is 12.9 Å². The molecule has 182 valence electrons. The quantitative estimate of drug-likeness (QED) is 0.424. The van der Waals surface area contributed by atoms with Gasteiger partial charge in [-0.05, 0) is 36.2 Å². The van der Waals surface area contributed by atoms with Gasteiger partial charge in [0.1, 0.15) is 11.5 Å². The minimum atomic E-state index is -1.02. The number of hydrogen-bond acceptors (Lipinski definition) is 10. The molecular formula is C24H27NO8S. The fourth-order valence-electron chi connectivity index (χ4n) is 3.64. The molecular weight excluding hydrogens is 462 g/mol.